The minimum atomic E-state index is 0.844. The zero-order valence-corrected chi connectivity index (χ0v) is 14.1. The molecule has 2 aliphatic rings. The summed E-state index contributed by atoms with van der Waals surface area (Å²) in [7, 11) is 0. The van der Waals surface area contributed by atoms with Crippen LogP contribution in [0.25, 0.3) is 0 Å². The van der Waals surface area contributed by atoms with E-state index in [9.17, 15) is 0 Å². The van der Waals surface area contributed by atoms with E-state index in [2.05, 4.69) is 45.0 Å². The molecule has 0 spiro atoms. The highest BCUT2D eigenvalue weighted by Crippen LogP contribution is 2.52. The highest BCUT2D eigenvalue weighted by Gasteiger charge is 2.39. The monoisotopic (exact) mass is 284 g/mol. The normalized spacial score (nSPS) is 32.0. The molecule has 0 bridgehead atoms. The van der Waals surface area contributed by atoms with Crippen molar-refractivity contribution in [2.75, 3.05) is 0 Å². The first-order valence-electron chi connectivity index (χ1n) is 9.33. The van der Waals surface area contributed by atoms with Crippen LogP contribution >= 0.6 is 0 Å². The second kappa shape index (κ2) is 6.55. The predicted octanol–water partition coefficient (Wildman–Crippen LogP) is 6.52. The van der Waals surface area contributed by atoms with Crippen LogP contribution in [0.15, 0.2) is 24.3 Å². The SMILES string of the molecule is CCCCC1CC(C(CC)CC2CC2C)c2ccccc21. The van der Waals surface area contributed by atoms with Gasteiger partial charge in [-0.25, -0.2) is 0 Å². The van der Waals surface area contributed by atoms with E-state index < -0.39 is 0 Å². The predicted molar refractivity (Wildman–Crippen MR) is 91.7 cm³/mol. The van der Waals surface area contributed by atoms with Gasteiger partial charge in [0.1, 0.15) is 0 Å². The van der Waals surface area contributed by atoms with Gasteiger partial charge in [-0.2, -0.15) is 0 Å². The molecule has 21 heavy (non-hydrogen) atoms. The summed E-state index contributed by atoms with van der Waals surface area (Å²) < 4.78 is 0. The first kappa shape index (κ1) is 15.1. The van der Waals surface area contributed by atoms with Crippen LogP contribution in [0.5, 0.6) is 0 Å². The van der Waals surface area contributed by atoms with Crippen LogP contribution in [-0.2, 0) is 0 Å². The molecule has 0 aromatic heterocycles. The van der Waals surface area contributed by atoms with Gasteiger partial charge in [-0.3, -0.25) is 0 Å². The molecule has 1 aromatic carbocycles. The van der Waals surface area contributed by atoms with Crippen LogP contribution in [0.1, 0.15) is 88.7 Å². The topological polar surface area (TPSA) is 0 Å². The van der Waals surface area contributed by atoms with Crippen molar-refractivity contribution in [2.45, 2.75) is 77.6 Å². The van der Waals surface area contributed by atoms with Gasteiger partial charge in [0, 0.05) is 0 Å². The van der Waals surface area contributed by atoms with E-state index >= 15 is 0 Å². The van der Waals surface area contributed by atoms with Crippen LogP contribution in [-0.4, -0.2) is 0 Å². The molecule has 116 valence electrons. The minimum absolute atomic E-state index is 0.844. The van der Waals surface area contributed by atoms with Gasteiger partial charge in [-0.15, -0.1) is 0 Å². The quantitative estimate of drug-likeness (QED) is 0.534. The van der Waals surface area contributed by atoms with Gasteiger partial charge >= 0.3 is 0 Å². The number of benzene rings is 1. The molecule has 0 radical (unpaired) electrons. The Bertz CT molecular complexity index is 461. The summed E-state index contributed by atoms with van der Waals surface area (Å²) in [6, 6.07) is 9.37. The molecule has 3 rings (SSSR count). The summed E-state index contributed by atoms with van der Waals surface area (Å²) in [6.45, 7) is 7.17. The van der Waals surface area contributed by atoms with Crippen LogP contribution in [0.4, 0.5) is 0 Å². The molecule has 0 amide bonds. The molecular formula is C21H32. The average molecular weight is 284 g/mol. The Balaban J connectivity index is 1.75. The Kier molecular flexibility index (Phi) is 4.72. The third-order valence-electron chi connectivity index (χ3n) is 6.25. The molecule has 0 N–H and O–H groups in total. The lowest BCUT2D eigenvalue weighted by Gasteiger charge is -2.24. The molecular weight excluding hydrogens is 252 g/mol. The van der Waals surface area contributed by atoms with Crippen LogP contribution in [0, 0.1) is 17.8 Å². The smallest absolute Gasteiger partial charge is 0.0125 e. The van der Waals surface area contributed by atoms with Crippen molar-refractivity contribution in [2.24, 2.45) is 17.8 Å². The van der Waals surface area contributed by atoms with Crippen LogP contribution < -0.4 is 0 Å². The summed E-state index contributed by atoms with van der Waals surface area (Å²) in [6.07, 6.45) is 9.89. The molecule has 1 aromatic rings. The number of fused-ring (bicyclic) bond motifs is 1. The lowest BCUT2D eigenvalue weighted by molar-refractivity contribution is 0.342. The highest BCUT2D eigenvalue weighted by molar-refractivity contribution is 5.39. The molecule has 0 nitrogen and oxygen atoms in total. The maximum Gasteiger partial charge on any atom is -0.0125 e. The van der Waals surface area contributed by atoms with E-state index in [0.29, 0.717) is 0 Å². The lowest BCUT2D eigenvalue weighted by atomic mass is 9.81. The van der Waals surface area contributed by atoms with Crippen molar-refractivity contribution in [3.05, 3.63) is 35.4 Å². The van der Waals surface area contributed by atoms with Crippen molar-refractivity contribution in [1.82, 2.24) is 0 Å². The lowest BCUT2D eigenvalue weighted by Crippen LogP contribution is -2.11. The number of hydrogen-bond donors (Lipinski definition) is 0. The molecule has 0 saturated heterocycles. The van der Waals surface area contributed by atoms with E-state index in [1.165, 1.54) is 44.9 Å². The Morgan fingerprint density at radius 3 is 2.43 bits per heavy atom. The van der Waals surface area contributed by atoms with Crippen molar-refractivity contribution < 1.29 is 0 Å². The maximum atomic E-state index is 2.44. The molecule has 1 fully saturated rings. The first-order valence-corrected chi connectivity index (χ1v) is 9.33. The Morgan fingerprint density at radius 1 is 1.10 bits per heavy atom. The zero-order valence-electron chi connectivity index (χ0n) is 14.1. The van der Waals surface area contributed by atoms with E-state index in [0.717, 1.165) is 29.6 Å². The highest BCUT2D eigenvalue weighted by atomic mass is 14.4. The zero-order chi connectivity index (χ0) is 14.8. The molecule has 2 aliphatic carbocycles. The molecule has 0 aliphatic heterocycles. The summed E-state index contributed by atoms with van der Waals surface area (Å²) in [5.74, 6) is 4.66. The largest absolute Gasteiger partial charge is 0.0654 e. The summed E-state index contributed by atoms with van der Waals surface area (Å²) in [4.78, 5) is 0. The third-order valence-corrected chi connectivity index (χ3v) is 6.25. The van der Waals surface area contributed by atoms with E-state index in [4.69, 9.17) is 0 Å². The third kappa shape index (κ3) is 3.20. The van der Waals surface area contributed by atoms with Gasteiger partial charge in [-0.05, 0) is 66.4 Å². The number of unbranched alkanes of at least 4 members (excludes halogenated alkanes) is 1. The first-order chi connectivity index (χ1) is 10.2. The van der Waals surface area contributed by atoms with Crippen LogP contribution in [0.3, 0.4) is 0 Å². The fourth-order valence-corrected chi connectivity index (χ4v) is 4.68. The van der Waals surface area contributed by atoms with E-state index in [1.54, 1.807) is 11.1 Å². The summed E-state index contributed by atoms with van der Waals surface area (Å²) in [5.41, 5.74) is 3.40. The Morgan fingerprint density at radius 2 is 1.81 bits per heavy atom. The van der Waals surface area contributed by atoms with Crippen molar-refractivity contribution in [1.29, 1.82) is 0 Å². The molecule has 5 atom stereocenters. The van der Waals surface area contributed by atoms with Gasteiger partial charge in [0.15, 0.2) is 0 Å². The van der Waals surface area contributed by atoms with Crippen LogP contribution in [0.2, 0.25) is 0 Å². The van der Waals surface area contributed by atoms with Gasteiger partial charge in [-0.1, -0.05) is 64.3 Å². The Labute approximate surface area is 131 Å². The van der Waals surface area contributed by atoms with Crippen molar-refractivity contribution in [3.63, 3.8) is 0 Å². The summed E-state index contributed by atoms with van der Waals surface area (Å²) in [5, 5.41) is 0. The van der Waals surface area contributed by atoms with Gasteiger partial charge < -0.3 is 0 Å². The van der Waals surface area contributed by atoms with E-state index in [1.807, 2.05) is 0 Å². The summed E-state index contributed by atoms with van der Waals surface area (Å²) >= 11 is 0. The van der Waals surface area contributed by atoms with Gasteiger partial charge in [0.2, 0.25) is 0 Å². The Hall–Kier alpha value is -0.780. The molecule has 0 heterocycles. The standard InChI is InChI=1S/C21H32/c1-4-6-9-17-14-21(20-11-8-7-10-19(17)20)16(5-2)13-18-12-15(18)3/h7-8,10-11,15-18,21H,4-6,9,12-14H2,1-3H3. The fraction of sp³-hybridized carbons (Fsp3) is 0.714. The minimum Gasteiger partial charge on any atom is -0.0654 e. The van der Waals surface area contributed by atoms with Crippen molar-refractivity contribution >= 4 is 0 Å². The fourth-order valence-electron chi connectivity index (χ4n) is 4.68. The second-order valence-electron chi connectivity index (χ2n) is 7.69. The van der Waals surface area contributed by atoms with E-state index in [-0.39, 0.29) is 0 Å². The molecule has 5 unspecified atom stereocenters. The molecule has 1 saturated carbocycles. The number of hydrogen-bond acceptors (Lipinski definition) is 0. The van der Waals surface area contributed by atoms with Gasteiger partial charge in [0.05, 0.1) is 0 Å². The second-order valence-corrected chi connectivity index (χ2v) is 7.69. The average Bonchev–Trinajstić information content (AvgIpc) is 3.08. The van der Waals surface area contributed by atoms with Gasteiger partial charge in [0.25, 0.3) is 0 Å². The maximum absolute atomic E-state index is 2.44. The number of rotatable bonds is 7. The van der Waals surface area contributed by atoms with Crippen molar-refractivity contribution in [3.8, 4) is 0 Å². The molecule has 0 heteroatoms.